The van der Waals surface area contributed by atoms with Gasteiger partial charge in [0.15, 0.2) is 5.65 Å². The van der Waals surface area contributed by atoms with Crippen LogP contribution >= 0.6 is 0 Å². The highest BCUT2D eigenvalue weighted by molar-refractivity contribution is 5.78. The topological polar surface area (TPSA) is 51.5 Å². The van der Waals surface area contributed by atoms with E-state index in [1.807, 2.05) is 41.9 Å². The van der Waals surface area contributed by atoms with Crippen molar-refractivity contribution in [3.63, 3.8) is 0 Å². The number of nitrogens with zero attached hydrogens (tertiary/aromatic N) is 3. The van der Waals surface area contributed by atoms with Crippen molar-refractivity contribution in [1.82, 2.24) is 14.6 Å². The van der Waals surface area contributed by atoms with E-state index in [1.54, 1.807) is 0 Å². The first-order valence-corrected chi connectivity index (χ1v) is 8.07. The Bertz CT molecular complexity index is 807. The van der Waals surface area contributed by atoms with Crippen molar-refractivity contribution in [1.29, 1.82) is 0 Å². The zero-order chi connectivity index (χ0) is 15.6. The standard InChI is InChI=1S/C18H20N4O/c1-13-10-17(19-11-15-8-5-9-23-15)22-18(21-13)16(12-20-22)14-6-3-2-4-7-14/h2-4,6-7,10,12,15,19H,5,8-9,11H2,1H3. The van der Waals surface area contributed by atoms with E-state index in [2.05, 4.69) is 27.5 Å². The van der Waals surface area contributed by atoms with Crippen molar-refractivity contribution < 1.29 is 4.74 Å². The molecule has 1 aromatic carbocycles. The second kappa shape index (κ2) is 6.01. The predicted octanol–water partition coefficient (Wildman–Crippen LogP) is 3.30. The molecule has 2 aromatic heterocycles. The molecule has 0 spiro atoms. The van der Waals surface area contributed by atoms with Gasteiger partial charge in [-0.25, -0.2) is 4.98 Å². The van der Waals surface area contributed by atoms with Crippen LogP contribution in [0.15, 0.2) is 42.6 Å². The van der Waals surface area contributed by atoms with Crippen molar-refractivity contribution in [3.8, 4) is 11.1 Å². The summed E-state index contributed by atoms with van der Waals surface area (Å²) in [6.07, 6.45) is 4.45. The number of anilines is 1. The first-order chi connectivity index (χ1) is 11.3. The van der Waals surface area contributed by atoms with Crippen molar-refractivity contribution in [2.45, 2.75) is 25.9 Å². The fraction of sp³-hybridized carbons (Fsp3) is 0.333. The molecule has 23 heavy (non-hydrogen) atoms. The molecule has 1 fully saturated rings. The molecular formula is C18H20N4O. The van der Waals surface area contributed by atoms with Crippen LogP contribution in [0.1, 0.15) is 18.5 Å². The Balaban J connectivity index is 1.70. The summed E-state index contributed by atoms with van der Waals surface area (Å²) in [5.74, 6) is 0.963. The molecule has 4 rings (SSSR count). The number of ether oxygens (including phenoxy) is 1. The molecule has 3 aromatic rings. The zero-order valence-electron chi connectivity index (χ0n) is 13.2. The van der Waals surface area contributed by atoms with E-state index >= 15 is 0 Å². The van der Waals surface area contributed by atoms with Crippen LogP contribution in [0.2, 0.25) is 0 Å². The average Bonchev–Trinajstić information content (AvgIpc) is 3.23. The molecule has 0 amide bonds. The number of aromatic nitrogens is 3. The molecule has 3 heterocycles. The van der Waals surface area contributed by atoms with Crippen LogP contribution in [-0.2, 0) is 4.74 Å². The van der Waals surface area contributed by atoms with Gasteiger partial charge in [0.1, 0.15) is 5.82 Å². The van der Waals surface area contributed by atoms with Gasteiger partial charge in [-0.15, -0.1) is 0 Å². The molecule has 5 heteroatoms. The molecule has 1 N–H and O–H groups in total. The number of aryl methyl sites for hydroxylation is 1. The maximum atomic E-state index is 5.68. The maximum Gasteiger partial charge on any atom is 0.165 e. The second-order valence-corrected chi connectivity index (χ2v) is 5.96. The summed E-state index contributed by atoms with van der Waals surface area (Å²) in [6, 6.07) is 12.3. The van der Waals surface area contributed by atoms with Gasteiger partial charge in [0.05, 0.1) is 12.3 Å². The normalized spacial score (nSPS) is 17.7. The fourth-order valence-corrected chi connectivity index (χ4v) is 3.06. The molecule has 1 unspecified atom stereocenters. The Morgan fingerprint density at radius 3 is 2.96 bits per heavy atom. The minimum absolute atomic E-state index is 0.294. The van der Waals surface area contributed by atoms with Gasteiger partial charge in [-0.3, -0.25) is 0 Å². The summed E-state index contributed by atoms with van der Waals surface area (Å²) in [7, 11) is 0. The van der Waals surface area contributed by atoms with Crippen molar-refractivity contribution >= 4 is 11.5 Å². The van der Waals surface area contributed by atoms with Crippen molar-refractivity contribution in [2.24, 2.45) is 0 Å². The number of nitrogens with one attached hydrogen (secondary N) is 1. The van der Waals surface area contributed by atoms with Crippen LogP contribution in [0.3, 0.4) is 0 Å². The minimum Gasteiger partial charge on any atom is -0.376 e. The summed E-state index contributed by atoms with van der Waals surface area (Å²) in [6.45, 7) is 3.69. The lowest BCUT2D eigenvalue weighted by Gasteiger charge is -2.13. The first-order valence-electron chi connectivity index (χ1n) is 8.07. The van der Waals surface area contributed by atoms with Gasteiger partial charge in [-0.05, 0) is 25.3 Å². The van der Waals surface area contributed by atoms with Crippen molar-refractivity contribution in [2.75, 3.05) is 18.5 Å². The zero-order valence-corrected chi connectivity index (χ0v) is 13.2. The molecule has 1 saturated heterocycles. The summed E-state index contributed by atoms with van der Waals surface area (Å²) < 4.78 is 7.56. The molecule has 5 nitrogen and oxygen atoms in total. The second-order valence-electron chi connectivity index (χ2n) is 5.96. The van der Waals surface area contributed by atoms with E-state index in [-0.39, 0.29) is 0 Å². The molecule has 0 aliphatic carbocycles. The fourth-order valence-electron chi connectivity index (χ4n) is 3.06. The highest BCUT2D eigenvalue weighted by Crippen LogP contribution is 2.25. The molecule has 118 valence electrons. The SMILES string of the molecule is Cc1cc(NCC2CCCO2)n2ncc(-c3ccccc3)c2n1. The van der Waals surface area contributed by atoms with Gasteiger partial charge in [-0.1, -0.05) is 30.3 Å². The minimum atomic E-state index is 0.294. The summed E-state index contributed by atoms with van der Waals surface area (Å²) in [5, 5.41) is 8.00. The van der Waals surface area contributed by atoms with Crippen LogP contribution in [0.5, 0.6) is 0 Å². The largest absolute Gasteiger partial charge is 0.376 e. The molecule has 1 aliphatic heterocycles. The van der Waals surface area contributed by atoms with Gasteiger partial charge in [0.2, 0.25) is 0 Å². The van der Waals surface area contributed by atoms with E-state index in [4.69, 9.17) is 4.74 Å². The molecule has 0 radical (unpaired) electrons. The molecule has 0 saturated carbocycles. The third kappa shape index (κ3) is 2.80. The smallest absolute Gasteiger partial charge is 0.165 e. The van der Waals surface area contributed by atoms with E-state index in [0.29, 0.717) is 6.10 Å². The third-order valence-electron chi connectivity index (χ3n) is 4.22. The Hall–Kier alpha value is -2.40. The average molecular weight is 308 g/mol. The summed E-state index contributed by atoms with van der Waals surface area (Å²) >= 11 is 0. The van der Waals surface area contributed by atoms with E-state index in [0.717, 1.165) is 54.3 Å². The van der Waals surface area contributed by atoms with Crippen LogP contribution in [0.25, 0.3) is 16.8 Å². The lowest BCUT2D eigenvalue weighted by molar-refractivity contribution is 0.120. The van der Waals surface area contributed by atoms with Crippen molar-refractivity contribution in [3.05, 3.63) is 48.3 Å². The highest BCUT2D eigenvalue weighted by Gasteiger charge is 2.17. The highest BCUT2D eigenvalue weighted by atomic mass is 16.5. The number of rotatable bonds is 4. The maximum absolute atomic E-state index is 5.68. The lowest BCUT2D eigenvalue weighted by Crippen LogP contribution is -2.20. The van der Waals surface area contributed by atoms with Gasteiger partial charge >= 0.3 is 0 Å². The third-order valence-corrected chi connectivity index (χ3v) is 4.22. The van der Waals surface area contributed by atoms with Crippen LogP contribution in [0.4, 0.5) is 5.82 Å². The van der Waals surface area contributed by atoms with E-state index in [1.165, 1.54) is 0 Å². The molecule has 1 aliphatic rings. The van der Waals surface area contributed by atoms with E-state index in [9.17, 15) is 0 Å². The molecular weight excluding hydrogens is 288 g/mol. The van der Waals surface area contributed by atoms with Crippen LogP contribution in [0, 0.1) is 6.92 Å². The Labute approximate surface area is 135 Å². The number of fused-ring (bicyclic) bond motifs is 1. The molecule has 1 atom stereocenters. The summed E-state index contributed by atoms with van der Waals surface area (Å²) in [4.78, 5) is 4.68. The Morgan fingerprint density at radius 2 is 2.17 bits per heavy atom. The number of hydrogen-bond donors (Lipinski definition) is 1. The van der Waals surface area contributed by atoms with Crippen LogP contribution < -0.4 is 5.32 Å². The van der Waals surface area contributed by atoms with Gasteiger partial charge in [0.25, 0.3) is 0 Å². The Kier molecular flexibility index (Phi) is 3.71. The monoisotopic (exact) mass is 308 g/mol. The number of benzene rings is 1. The van der Waals surface area contributed by atoms with E-state index < -0.39 is 0 Å². The van der Waals surface area contributed by atoms with Gasteiger partial charge < -0.3 is 10.1 Å². The number of hydrogen-bond acceptors (Lipinski definition) is 4. The predicted molar refractivity (Wildman–Crippen MR) is 90.6 cm³/mol. The van der Waals surface area contributed by atoms with Gasteiger partial charge in [-0.2, -0.15) is 9.61 Å². The lowest BCUT2D eigenvalue weighted by atomic mass is 10.1. The quantitative estimate of drug-likeness (QED) is 0.803. The Morgan fingerprint density at radius 1 is 1.30 bits per heavy atom. The van der Waals surface area contributed by atoms with Crippen LogP contribution in [-0.4, -0.2) is 33.9 Å². The summed E-state index contributed by atoms with van der Waals surface area (Å²) in [5.41, 5.74) is 4.04. The van der Waals surface area contributed by atoms with Gasteiger partial charge in [0, 0.05) is 30.5 Å². The molecule has 0 bridgehead atoms. The first kappa shape index (κ1) is 14.2.